The van der Waals surface area contributed by atoms with Crippen LogP contribution in [0.15, 0.2) is 41.8 Å². The van der Waals surface area contributed by atoms with E-state index < -0.39 is 0 Å². The molecule has 1 atom stereocenters. The van der Waals surface area contributed by atoms with Crippen molar-refractivity contribution in [2.75, 3.05) is 26.2 Å². The zero-order valence-electron chi connectivity index (χ0n) is 15.2. The molecule has 1 N–H and O–H groups in total. The molecule has 0 bridgehead atoms. The number of nitrogens with one attached hydrogen (secondary N) is 1. The highest BCUT2D eigenvalue weighted by molar-refractivity contribution is 7.09. The van der Waals surface area contributed by atoms with Gasteiger partial charge in [0.2, 0.25) is 5.91 Å². The Labute approximate surface area is 158 Å². The second-order valence-corrected chi connectivity index (χ2v) is 7.80. The maximum atomic E-state index is 13.0. The standard InChI is InChI=1S/C20H26FN3OS/c1-16(20(25)22-14-19-4-2-13-26-19)24-10-3-9-23(11-12-24)15-17-5-7-18(21)8-6-17/h2,4-8,13,16H,3,9-12,14-15H2,1H3,(H,22,25). The minimum Gasteiger partial charge on any atom is -0.350 e. The smallest absolute Gasteiger partial charge is 0.237 e. The highest BCUT2D eigenvalue weighted by atomic mass is 32.1. The molecule has 1 aliphatic heterocycles. The SMILES string of the molecule is CC(C(=O)NCc1cccs1)N1CCCN(Cc2ccc(F)cc2)CC1. The molecule has 0 aliphatic carbocycles. The lowest BCUT2D eigenvalue weighted by Crippen LogP contribution is -2.46. The Morgan fingerprint density at radius 2 is 2.00 bits per heavy atom. The summed E-state index contributed by atoms with van der Waals surface area (Å²) in [6, 6.07) is 10.6. The Morgan fingerprint density at radius 3 is 2.73 bits per heavy atom. The Hall–Kier alpha value is -1.76. The molecule has 1 amide bonds. The van der Waals surface area contributed by atoms with Crippen molar-refractivity contribution in [2.24, 2.45) is 0 Å². The molecular formula is C20H26FN3OS. The van der Waals surface area contributed by atoms with Crippen LogP contribution in [0, 0.1) is 5.82 Å². The van der Waals surface area contributed by atoms with E-state index in [9.17, 15) is 9.18 Å². The van der Waals surface area contributed by atoms with E-state index in [0.717, 1.165) is 44.7 Å². The predicted molar refractivity (Wildman–Crippen MR) is 103 cm³/mol. The van der Waals surface area contributed by atoms with Crippen molar-refractivity contribution in [3.05, 3.63) is 58.0 Å². The summed E-state index contributed by atoms with van der Waals surface area (Å²) < 4.78 is 13.0. The van der Waals surface area contributed by atoms with Crippen molar-refractivity contribution in [1.82, 2.24) is 15.1 Å². The van der Waals surface area contributed by atoms with Gasteiger partial charge in [-0.3, -0.25) is 14.6 Å². The maximum absolute atomic E-state index is 13.0. The summed E-state index contributed by atoms with van der Waals surface area (Å²) in [7, 11) is 0. The van der Waals surface area contributed by atoms with Crippen LogP contribution in [-0.4, -0.2) is 47.9 Å². The molecule has 1 fully saturated rings. The lowest BCUT2D eigenvalue weighted by molar-refractivity contribution is -0.126. The molecule has 0 spiro atoms. The Bertz CT molecular complexity index is 690. The largest absolute Gasteiger partial charge is 0.350 e. The van der Waals surface area contributed by atoms with Gasteiger partial charge in [-0.25, -0.2) is 4.39 Å². The normalized spacial score (nSPS) is 17.6. The molecule has 0 saturated carbocycles. The Morgan fingerprint density at radius 1 is 1.19 bits per heavy atom. The fraction of sp³-hybridized carbons (Fsp3) is 0.450. The van der Waals surface area contributed by atoms with Gasteiger partial charge < -0.3 is 5.32 Å². The third kappa shape index (κ3) is 5.37. The average Bonchev–Trinajstić information content (AvgIpc) is 3.06. The van der Waals surface area contributed by atoms with Gasteiger partial charge in [-0.1, -0.05) is 18.2 Å². The van der Waals surface area contributed by atoms with Crippen LogP contribution in [0.4, 0.5) is 4.39 Å². The van der Waals surface area contributed by atoms with Crippen LogP contribution in [0.25, 0.3) is 0 Å². The van der Waals surface area contributed by atoms with Gasteiger partial charge in [-0.15, -0.1) is 11.3 Å². The van der Waals surface area contributed by atoms with Gasteiger partial charge in [0, 0.05) is 31.1 Å². The van der Waals surface area contributed by atoms with E-state index in [1.54, 1.807) is 11.3 Å². The third-order valence-electron chi connectivity index (χ3n) is 4.89. The van der Waals surface area contributed by atoms with Crippen LogP contribution in [0.3, 0.4) is 0 Å². The van der Waals surface area contributed by atoms with Gasteiger partial charge in [0.25, 0.3) is 0 Å². The summed E-state index contributed by atoms with van der Waals surface area (Å²) in [6.07, 6.45) is 1.03. The molecule has 2 heterocycles. The second-order valence-electron chi connectivity index (χ2n) is 6.77. The Balaban J connectivity index is 1.47. The van der Waals surface area contributed by atoms with Crippen LogP contribution in [-0.2, 0) is 17.9 Å². The van der Waals surface area contributed by atoms with Crippen molar-refractivity contribution in [3.63, 3.8) is 0 Å². The number of benzene rings is 1. The van der Waals surface area contributed by atoms with Gasteiger partial charge in [0.05, 0.1) is 12.6 Å². The molecule has 3 rings (SSSR count). The van der Waals surface area contributed by atoms with Gasteiger partial charge in [-0.2, -0.15) is 0 Å². The van der Waals surface area contributed by atoms with Crippen molar-refractivity contribution < 1.29 is 9.18 Å². The van der Waals surface area contributed by atoms with Crippen molar-refractivity contribution in [1.29, 1.82) is 0 Å². The topological polar surface area (TPSA) is 35.6 Å². The predicted octanol–water partition coefficient (Wildman–Crippen LogP) is 3.10. The number of hydrogen-bond donors (Lipinski definition) is 1. The molecule has 2 aromatic rings. The van der Waals surface area contributed by atoms with E-state index in [2.05, 4.69) is 15.1 Å². The van der Waals surface area contributed by atoms with E-state index >= 15 is 0 Å². The van der Waals surface area contributed by atoms with E-state index in [4.69, 9.17) is 0 Å². The minimum atomic E-state index is -0.196. The first kappa shape index (κ1) is 19.0. The summed E-state index contributed by atoms with van der Waals surface area (Å²) in [5.74, 6) is -0.108. The summed E-state index contributed by atoms with van der Waals surface area (Å²) in [5.41, 5.74) is 1.13. The molecular weight excluding hydrogens is 349 g/mol. The number of rotatable bonds is 6. The first-order valence-corrected chi connectivity index (χ1v) is 10.0. The molecule has 140 valence electrons. The fourth-order valence-electron chi connectivity index (χ4n) is 3.29. The van der Waals surface area contributed by atoms with Crippen LogP contribution < -0.4 is 5.32 Å². The number of carbonyl (C=O) groups excluding carboxylic acids is 1. The Kier molecular flexibility index (Phi) is 6.77. The lowest BCUT2D eigenvalue weighted by atomic mass is 10.2. The molecule has 1 aromatic heterocycles. The van der Waals surface area contributed by atoms with E-state index in [1.807, 2.05) is 36.6 Å². The van der Waals surface area contributed by atoms with Crippen molar-refractivity contribution >= 4 is 17.2 Å². The van der Waals surface area contributed by atoms with Gasteiger partial charge in [-0.05, 0) is 49.0 Å². The first-order valence-electron chi connectivity index (χ1n) is 9.13. The molecule has 1 aromatic carbocycles. The monoisotopic (exact) mass is 375 g/mol. The fourth-order valence-corrected chi connectivity index (χ4v) is 3.93. The van der Waals surface area contributed by atoms with Gasteiger partial charge in [0.15, 0.2) is 0 Å². The average molecular weight is 376 g/mol. The summed E-state index contributed by atoms with van der Waals surface area (Å²) in [5, 5.41) is 5.06. The molecule has 4 nitrogen and oxygen atoms in total. The summed E-state index contributed by atoms with van der Waals surface area (Å²) in [4.78, 5) is 18.3. The lowest BCUT2D eigenvalue weighted by Gasteiger charge is -2.27. The van der Waals surface area contributed by atoms with E-state index in [0.29, 0.717) is 6.54 Å². The van der Waals surface area contributed by atoms with Crippen molar-refractivity contribution in [2.45, 2.75) is 32.5 Å². The molecule has 1 unspecified atom stereocenters. The van der Waals surface area contributed by atoms with Gasteiger partial charge >= 0.3 is 0 Å². The molecule has 6 heteroatoms. The van der Waals surface area contributed by atoms with E-state index in [-0.39, 0.29) is 17.8 Å². The zero-order chi connectivity index (χ0) is 18.4. The van der Waals surface area contributed by atoms with Crippen LogP contribution in [0.2, 0.25) is 0 Å². The van der Waals surface area contributed by atoms with Crippen LogP contribution in [0.1, 0.15) is 23.8 Å². The van der Waals surface area contributed by atoms with E-state index in [1.165, 1.54) is 17.0 Å². The quantitative estimate of drug-likeness (QED) is 0.843. The second kappa shape index (κ2) is 9.26. The number of carbonyl (C=O) groups is 1. The number of hydrogen-bond acceptors (Lipinski definition) is 4. The third-order valence-corrected chi connectivity index (χ3v) is 5.76. The molecule has 1 saturated heterocycles. The number of halogens is 1. The maximum Gasteiger partial charge on any atom is 0.237 e. The summed E-state index contributed by atoms with van der Waals surface area (Å²) >= 11 is 1.66. The number of amides is 1. The highest BCUT2D eigenvalue weighted by Crippen LogP contribution is 2.12. The minimum absolute atomic E-state index is 0.0883. The molecule has 26 heavy (non-hydrogen) atoms. The zero-order valence-corrected chi connectivity index (χ0v) is 16.0. The van der Waals surface area contributed by atoms with Crippen LogP contribution >= 0.6 is 11.3 Å². The number of thiophene rings is 1. The van der Waals surface area contributed by atoms with Gasteiger partial charge in [0.1, 0.15) is 5.82 Å². The van der Waals surface area contributed by atoms with Crippen molar-refractivity contribution in [3.8, 4) is 0 Å². The van der Waals surface area contributed by atoms with Crippen LogP contribution in [0.5, 0.6) is 0 Å². The molecule has 1 aliphatic rings. The molecule has 0 radical (unpaired) electrons. The first-order chi connectivity index (χ1) is 12.6. The number of nitrogens with zero attached hydrogens (tertiary/aromatic N) is 2. The summed E-state index contributed by atoms with van der Waals surface area (Å²) in [6.45, 7) is 7.12. The highest BCUT2D eigenvalue weighted by Gasteiger charge is 2.23.